The fraction of sp³-hybridized carbons (Fsp3) is 0.273. The highest BCUT2D eigenvalue weighted by Gasteiger charge is 2.30. The van der Waals surface area contributed by atoms with Gasteiger partial charge in [-0.15, -0.1) is 0 Å². The van der Waals surface area contributed by atoms with Gasteiger partial charge in [-0.05, 0) is 49.1 Å². The van der Waals surface area contributed by atoms with Crippen molar-refractivity contribution in [2.24, 2.45) is 0 Å². The molecule has 3 aromatic rings. The maximum atomic E-state index is 5.60. The molecule has 26 heavy (non-hydrogen) atoms. The van der Waals surface area contributed by atoms with E-state index in [0.29, 0.717) is 18.9 Å². The summed E-state index contributed by atoms with van der Waals surface area (Å²) in [6, 6.07) is 15.9. The third-order valence-corrected chi connectivity index (χ3v) is 5.83. The number of aromatic nitrogens is 1. The molecule has 1 aromatic heterocycles. The van der Waals surface area contributed by atoms with E-state index in [1.54, 1.807) is 0 Å². The molecule has 2 N–H and O–H groups in total. The standard InChI is InChI=1S/C22H20N2O2/c1-2-4-18-17(3-1)21(14-9-15-6-7-16(10-14)23-15)22(24-18)13-5-8-19-20(11-13)26-12-25-19/h1-5,8-9,11,15-16,23-24H,6-7,10,12H2. The number of hydrogen-bond donors (Lipinski definition) is 2. The second kappa shape index (κ2) is 5.39. The number of nitrogens with one attached hydrogen (secondary N) is 2. The Hall–Kier alpha value is -2.72. The van der Waals surface area contributed by atoms with Crippen molar-refractivity contribution < 1.29 is 9.47 Å². The summed E-state index contributed by atoms with van der Waals surface area (Å²) in [5.74, 6) is 1.65. The first kappa shape index (κ1) is 14.4. The number of para-hydroxylation sites is 1. The zero-order valence-electron chi connectivity index (χ0n) is 14.4. The lowest BCUT2D eigenvalue weighted by atomic mass is 9.92. The smallest absolute Gasteiger partial charge is 0.231 e. The van der Waals surface area contributed by atoms with Gasteiger partial charge in [0.1, 0.15) is 0 Å². The van der Waals surface area contributed by atoms with Crippen LogP contribution in [0.3, 0.4) is 0 Å². The molecule has 6 rings (SSSR count). The van der Waals surface area contributed by atoms with Crippen molar-refractivity contribution in [2.45, 2.75) is 31.3 Å². The molecule has 2 bridgehead atoms. The summed E-state index contributed by atoms with van der Waals surface area (Å²) < 4.78 is 11.1. The van der Waals surface area contributed by atoms with E-state index in [1.807, 2.05) is 6.07 Å². The van der Waals surface area contributed by atoms with Crippen molar-refractivity contribution in [2.75, 3.05) is 6.79 Å². The van der Waals surface area contributed by atoms with E-state index in [1.165, 1.54) is 40.6 Å². The van der Waals surface area contributed by atoms with E-state index >= 15 is 0 Å². The van der Waals surface area contributed by atoms with Crippen molar-refractivity contribution >= 4 is 16.5 Å². The van der Waals surface area contributed by atoms with Crippen LogP contribution >= 0.6 is 0 Å². The van der Waals surface area contributed by atoms with E-state index in [-0.39, 0.29) is 0 Å². The Balaban J connectivity index is 1.57. The van der Waals surface area contributed by atoms with Crippen LogP contribution in [0, 0.1) is 0 Å². The van der Waals surface area contributed by atoms with Gasteiger partial charge in [0.2, 0.25) is 6.79 Å². The topological polar surface area (TPSA) is 46.3 Å². The first-order valence-corrected chi connectivity index (χ1v) is 9.33. The van der Waals surface area contributed by atoms with Crippen molar-refractivity contribution in [3.63, 3.8) is 0 Å². The maximum Gasteiger partial charge on any atom is 0.231 e. The molecule has 4 heterocycles. The molecule has 130 valence electrons. The minimum absolute atomic E-state index is 0.304. The predicted octanol–water partition coefficient (Wildman–Crippen LogP) is 4.47. The quantitative estimate of drug-likeness (QED) is 0.721. The van der Waals surface area contributed by atoms with Crippen molar-refractivity contribution in [1.82, 2.24) is 10.3 Å². The largest absolute Gasteiger partial charge is 0.454 e. The highest BCUT2D eigenvalue weighted by atomic mass is 16.7. The van der Waals surface area contributed by atoms with Crippen LogP contribution in [-0.4, -0.2) is 23.9 Å². The first-order chi connectivity index (χ1) is 12.8. The number of fused-ring (bicyclic) bond motifs is 4. The summed E-state index contributed by atoms with van der Waals surface area (Å²) in [5, 5.41) is 5.00. The fourth-order valence-electron chi connectivity index (χ4n) is 4.65. The summed E-state index contributed by atoms with van der Waals surface area (Å²) in [6.07, 6.45) is 6.05. The molecule has 2 aromatic carbocycles. The Morgan fingerprint density at radius 2 is 1.88 bits per heavy atom. The molecule has 0 saturated carbocycles. The van der Waals surface area contributed by atoms with Gasteiger partial charge in [0, 0.05) is 34.1 Å². The zero-order chi connectivity index (χ0) is 17.1. The molecule has 0 spiro atoms. The zero-order valence-corrected chi connectivity index (χ0v) is 14.4. The number of benzene rings is 2. The van der Waals surface area contributed by atoms with Gasteiger partial charge in [0.15, 0.2) is 11.5 Å². The number of hydrogen-bond acceptors (Lipinski definition) is 3. The lowest BCUT2D eigenvalue weighted by Gasteiger charge is -2.22. The molecule has 1 fully saturated rings. The van der Waals surface area contributed by atoms with Crippen LogP contribution in [0.15, 0.2) is 48.5 Å². The third-order valence-electron chi connectivity index (χ3n) is 5.83. The van der Waals surface area contributed by atoms with Crippen LogP contribution in [0.1, 0.15) is 24.8 Å². The first-order valence-electron chi connectivity index (χ1n) is 9.33. The van der Waals surface area contributed by atoms with Gasteiger partial charge in [-0.2, -0.15) is 0 Å². The number of aromatic amines is 1. The summed E-state index contributed by atoms with van der Waals surface area (Å²) >= 11 is 0. The molecule has 3 aliphatic heterocycles. The highest BCUT2D eigenvalue weighted by Crippen LogP contribution is 2.43. The number of ether oxygens (including phenoxy) is 2. The second-order valence-corrected chi connectivity index (χ2v) is 7.43. The summed E-state index contributed by atoms with van der Waals surface area (Å²) in [4.78, 5) is 3.66. The molecule has 0 radical (unpaired) electrons. The van der Waals surface area contributed by atoms with E-state index < -0.39 is 0 Å². The minimum Gasteiger partial charge on any atom is -0.454 e. The van der Waals surface area contributed by atoms with Crippen molar-refractivity contribution in [3.8, 4) is 22.8 Å². The van der Waals surface area contributed by atoms with Gasteiger partial charge in [0.25, 0.3) is 0 Å². The molecule has 2 atom stereocenters. The summed E-state index contributed by atoms with van der Waals surface area (Å²) in [6.45, 7) is 0.304. The van der Waals surface area contributed by atoms with Gasteiger partial charge in [0.05, 0.1) is 5.69 Å². The second-order valence-electron chi connectivity index (χ2n) is 7.43. The summed E-state index contributed by atoms with van der Waals surface area (Å²) in [7, 11) is 0. The average molecular weight is 344 g/mol. The fourth-order valence-corrected chi connectivity index (χ4v) is 4.65. The monoisotopic (exact) mass is 344 g/mol. The van der Waals surface area contributed by atoms with E-state index in [4.69, 9.17) is 9.47 Å². The van der Waals surface area contributed by atoms with Gasteiger partial charge in [-0.25, -0.2) is 0 Å². The molecule has 4 heteroatoms. The van der Waals surface area contributed by atoms with Gasteiger partial charge in [-0.1, -0.05) is 24.3 Å². The van der Waals surface area contributed by atoms with Crippen LogP contribution in [0.4, 0.5) is 0 Å². The third kappa shape index (κ3) is 2.12. The SMILES string of the molecule is C1=C(c2c(-c3ccc4c(c3)OCO4)[nH]c3ccccc23)CC2CCC1N2. The Morgan fingerprint density at radius 1 is 0.962 bits per heavy atom. The molecular formula is C22H20N2O2. The predicted molar refractivity (Wildman–Crippen MR) is 102 cm³/mol. The van der Waals surface area contributed by atoms with Gasteiger partial charge in [-0.3, -0.25) is 0 Å². The number of rotatable bonds is 2. The highest BCUT2D eigenvalue weighted by molar-refractivity contribution is 6.00. The van der Waals surface area contributed by atoms with Crippen LogP contribution in [0.5, 0.6) is 11.5 Å². The Labute approximate surface area is 151 Å². The molecule has 2 unspecified atom stereocenters. The molecular weight excluding hydrogens is 324 g/mol. The lowest BCUT2D eigenvalue weighted by molar-refractivity contribution is 0.174. The van der Waals surface area contributed by atoms with Gasteiger partial charge >= 0.3 is 0 Å². The van der Waals surface area contributed by atoms with Crippen LogP contribution in [0.25, 0.3) is 27.7 Å². The van der Waals surface area contributed by atoms with E-state index in [0.717, 1.165) is 23.5 Å². The van der Waals surface area contributed by atoms with Crippen LogP contribution < -0.4 is 14.8 Å². The molecule has 0 amide bonds. The molecule has 1 saturated heterocycles. The van der Waals surface area contributed by atoms with Crippen LogP contribution in [-0.2, 0) is 0 Å². The van der Waals surface area contributed by atoms with Gasteiger partial charge < -0.3 is 19.8 Å². The average Bonchev–Trinajstić information content (AvgIpc) is 3.37. The Bertz CT molecular complexity index is 1050. The lowest BCUT2D eigenvalue weighted by Crippen LogP contribution is -2.31. The Kier molecular flexibility index (Phi) is 2.99. The minimum atomic E-state index is 0.304. The molecule has 4 nitrogen and oxygen atoms in total. The molecule has 0 aliphatic carbocycles. The molecule has 3 aliphatic rings. The number of H-pyrrole nitrogens is 1. The van der Waals surface area contributed by atoms with E-state index in [2.05, 4.69) is 52.8 Å². The normalized spacial score (nSPS) is 23.5. The Morgan fingerprint density at radius 3 is 2.85 bits per heavy atom. The summed E-state index contributed by atoms with van der Waals surface area (Å²) in [5.41, 5.74) is 6.31. The van der Waals surface area contributed by atoms with E-state index in [9.17, 15) is 0 Å². The van der Waals surface area contributed by atoms with Crippen molar-refractivity contribution in [3.05, 3.63) is 54.1 Å². The maximum absolute atomic E-state index is 5.60. The van der Waals surface area contributed by atoms with Crippen molar-refractivity contribution in [1.29, 1.82) is 0 Å². The van der Waals surface area contributed by atoms with Crippen LogP contribution in [0.2, 0.25) is 0 Å².